The molecule has 0 aliphatic carbocycles. The molecule has 0 saturated carbocycles. The highest BCUT2D eigenvalue weighted by atomic mass is 35.5. The van der Waals surface area contributed by atoms with Crippen molar-refractivity contribution in [3.8, 4) is 0 Å². The van der Waals surface area contributed by atoms with Crippen molar-refractivity contribution in [2.24, 2.45) is 0 Å². The van der Waals surface area contributed by atoms with E-state index in [9.17, 15) is 10.1 Å². The number of aromatic nitrogens is 2. The zero-order valence-corrected chi connectivity index (χ0v) is 12.0. The van der Waals surface area contributed by atoms with Gasteiger partial charge in [0.1, 0.15) is 6.33 Å². The van der Waals surface area contributed by atoms with Gasteiger partial charge < -0.3 is 5.32 Å². The first-order chi connectivity index (χ1) is 9.06. The van der Waals surface area contributed by atoms with Gasteiger partial charge in [0.25, 0.3) is 0 Å². The number of nitro groups is 1. The van der Waals surface area contributed by atoms with Crippen LogP contribution >= 0.6 is 11.6 Å². The number of unbranched alkanes of at least 4 members (excludes halogenated alkanes) is 3. The van der Waals surface area contributed by atoms with Crippen molar-refractivity contribution in [2.45, 2.75) is 52.0 Å². The Bertz CT molecular complexity index is 428. The summed E-state index contributed by atoms with van der Waals surface area (Å²) in [5.41, 5.74) is -0.260. The van der Waals surface area contributed by atoms with Gasteiger partial charge in [-0.25, -0.2) is 9.97 Å². The van der Waals surface area contributed by atoms with E-state index in [1.807, 2.05) is 6.92 Å². The maximum Gasteiger partial charge on any atom is 0.348 e. The molecular weight excluding hydrogens is 268 g/mol. The summed E-state index contributed by atoms with van der Waals surface area (Å²) in [6.07, 6.45) is 6.84. The van der Waals surface area contributed by atoms with E-state index in [1.54, 1.807) is 0 Å². The van der Waals surface area contributed by atoms with Crippen LogP contribution < -0.4 is 5.32 Å². The molecule has 1 heterocycles. The standard InChI is InChI=1S/C12H19ClN4O2/c1-3-4-5-6-7-9(2)16-12-10(17(18)19)11(13)14-8-15-12/h8-9H,3-7H2,1-2H3,(H,14,15,16). The number of hydrogen-bond donors (Lipinski definition) is 1. The summed E-state index contributed by atoms with van der Waals surface area (Å²) in [5.74, 6) is 0.188. The molecule has 1 atom stereocenters. The third-order valence-corrected chi connectivity index (χ3v) is 3.11. The molecule has 0 fully saturated rings. The lowest BCUT2D eigenvalue weighted by atomic mass is 10.1. The second kappa shape index (κ2) is 7.89. The first kappa shape index (κ1) is 15.6. The van der Waals surface area contributed by atoms with Crippen molar-refractivity contribution in [2.75, 3.05) is 5.32 Å². The first-order valence-electron chi connectivity index (χ1n) is 6.47. The van der Waals surface area contributed by atoms with E-state index < -0.39 is 4.92 Å². The summed E-state index contributed by atoms with van der Waals surface area (Å²) in [4.78, 5) is 17.9. The minimum absolute atomic E-state index is 0.113. The van der Waals surface area contributed by atoms with E-state index in [4.69, 9.17) is 11.6 Å². The average Bonchev–Trinajstić information content (AvgIpc) is 2.34. The SMILES string of the molecule is CCCCCCC(C)Nc1ncnc(Cl)c1[N+](=O)[O-]. The topological polar surface area (TPSA) is 81.0 Å². The Morgan fingerprint density at radius 1 is 1.42 bits per heavy atom. The third-order valence-electron chi connectivity index (χ3n) is 2.83. The Labute approximate surface area is 117 Å². The zero-order chi connectivity index (χ0) is 14.3. The van der Waals surface area contributed by atoms with Gasteiger partial charge in [-0.3, -0.25) is 10.1 Å². The minimum atomic E-state index is -0.561. The van der Waals surface area contributed by atoms with Crippen molar-refractivity contribution >= 4 is 23.1 Å². The highest BCUT2D eigenvalue weighted by Gasteiger charge is 2.22. The highest BCUT2D eigenvalue weighted by Crippen LogP contribution is 2.29. The second-order valence-corrected chi connectivity index (χ2v) is 4.87. The number of nitrogens with one attached hydrogen (secondary N) is 1. The smallest absolute Gasteiger partial charge is 0.348 e. The molecule has 1 aromatic heterocycles. The maximum absolute atomic E-state index is 10.9. The average molecular weight is 287 g/mol. The number of anilines is 1. The number of halogens is 1. The van der Waals surface area contributed by atoms with Gasteiger partial charge in [0.05, 0.1) is 4.92 Å². The molecule has 0 spiro atoms. The van der Waals surface area contributed by atoms with Gasteiger partial charge in [0.15, 0.2) is 0 Å². The van der Waals surface area contributed by atoms with E-state index in [-0.39, 0.29) is 22.7 Å². The van der Waals surface area contributed by atoms with Crippen molar-refractivity contribution in [3.05, 3.63) is 21.6 Å². The molecule has 0 aliphatic heterocycles. The number of nitrogens with zero attached hydrogens (tertiary/aromatic N) is 3. The quantitative estimate of drug-likeness (QED) is 0.340. The van der Waals surface area contributed by atoms with Gasteiger partial charge >= 0.3 is 5.69 Å². The van der Waals surface area contributed by atoms with Gasteiger partial charge in [-0.1, -0.05) is 44.2 Å². The number of rotatable bonds is 8. The van der Waals surface area contributed by atoms with E-state index >= 15 is 0 Å². The van der Waals surface area contributed by atoms with Crippen LogP contribution in [0.25, 0.3) is 0 Å². The summed E-state index contributed by atoms with van der Waals surface area (Å²) >= 11 is 5.72. The fourth-order valence-corrected chi connectivity index (χ4v) is 2.01. The molecule has 0 aliphatic rings. The molecule has 106 valence electrons. The van der Waals surface area contributed by atoms with Crippen LogP contribution in [0.15, 0.2) is 6.33 Å². The fourth-order valence-electron chi connectivity index (χ4n) is 1.81. The molecule has 1 aromatic rings. The maximum atomic E-state index is 10.9. The summed E-state index contributed by atoms with van der Waals surface area (Å²) in [7, 11) is 0. The van der Waals surface area contributed by atoms with E-state index in [0.717, 1.165) is 12.8 Å². The van der Waals surface area contributed by atoms with Crippen molar-refractivity contribution in [3.63, 3.8) is 0 Å². The Balaban J connectivity index is 2.61. The van der Waals surface area contributed by atoms with Gasteiger partial charge in [-0.05, 0) is 13.3 Å². The van der Waals surface area contributed by atoms with Crippen LogP contribution in [0, 0.1) is 10.1 Å². The highest BCUT2D eigenvalue weighted by molar-refractivity contribution is 6.31. The Morgan fingerprint density at radius 3 is 2.79 bits per heavy atom. The predicted octanol–water partition coefficient (Wildman–Crippen LogP) is 3.81. The van der Waals surface area contributed by atoms with Gasteiger partial charge in [-0.15, -0.1) is 0 Å². The van der Waals surface area contributed by atoms with Gasteiger partial charge in [0.2, 0.25) is 11.0 Å². The lowest BCUT2D eigenvalue weighted by molar-refractivity contribution is -0.384. The van der Waals surface area contributed by atoms with Crippen LogP contribution in [0.2, 0.25) is 5.15 Å². The van der Waals surface area contributed by atoms with Crippen LogP contribution in [0.4, 0.5) is 11.5 Å². The summed E-state index contributed by atoms with van der Waals surface area (Å²) < 4.78 is 0. The predicted molar refractivity (Wildman–Crippen MR) is 75.5 cm³/mol. The van der Waals surface area contributed by atoms with E-state index in [1.165, 1.54) is 25.6 Å². The lowest BCUT2D eigenvalue weighted by Crippen LogP contribution is -2.17. The molecule has 0 radical (unpaired) electrons. The molecule has 0 aromatic carbocycles. The minimum Gasteiger partial charge on any atom is -0.362 e. The molecule has 7 heteroatoms. The Morgan fingerprint density at radius 2 is 2.16 bits per heavy atom. The molecule has 19 heavy (non-hydrogen) atoms. The van der Waals surface area contributed by atoms with Crippen LogP contribution in [-0.4, -0.2) is 20.9 Å². The van der Waals surface area contributed by atoms with Crippen LogP contribution in [0.5, 0.6) is 0 Å². The Kier molecular flexibility index (Phi) is 6.49. The molecular formula is C12H19ClN4O2. The molecule has 1 rings (SSSR count). The summed E-state index contributed by atoms with van der Waals surface area (Å²) in [5, 5.41) is 13.8. The number of hydrogen-bond acceptors (Lipinski definition) is 5. The summed E-state index contributed by atoms with van der Waals surface area (Å²) in [6, 6.07) is 0.113. The monoisotopic (exact) mass is 286 g/mol. The second-order valence-electron chi connectivity index (χ2n) is 4.51. The first-order valence-corrected chi connectivity index (χ1v) is 6.85. The fraction of sp³-hybridized carbons (Fsp3) is 0.667. The largest absolute Gasteiger partial charge is 0.362 e. The molecule has 1 N–H and O–H groups in total. The van der Waals surface area contributed by atoms with Crippen LogP contribution in [0.3, 0.4) is 0 Å². The molecule has 6 nitrogen and oxygen atoms in total. The summed E-state index contributed by atoms with van der Waals surface area (Å²) in [6.45, 7) is 4.14. The molecule has 0 saturated heterocycles. The third kappa shape index (κ3) is 4.98. The molecule has 0 amide bonds. The lowest BCUT2D eigenvalue weighted by Gasteiger charge is -2.14. The van der Waals surface area contributed by atoms with E-state index in [0.29, 0.717) is 0 Å². The van der Waals surface area contributed by atoms with Crippen LogP contribution in [0.1, 0.15) is 46.0 Å². The van der Waals surface area contributed by atoms with Gasteiger partial charge in [0, 0.05) is 6.04 Å². The van der Waals surface area contributed by atoms with Crippen molar-refractivity contribution < 1.29 is 4.92 Å². The zero-order valence-electron chi connectivity index (χ0n) is 11.2. The van der Waals surface area contributed by atoms with E-state index in [2.05, 4.69) is 22.2 Å². The Hall–Kier alpha value is -1.43. The van der Waals surface area contributed by atoms with Crippen molar-refractivity contribution in [1.29, 1.82) is 0 Å². The normalized spacial score (nSPS) is 12.2. The van der Waals surface area contributed by atoms with Crippen molar-refractivity contribution in [1.82, 2.24) is 9.97 Å². The molecule has 1 unspecified atom stereocenters. The van der Waals surface area contributed by atoms with Crippen LogP contribution in [-0.2, 0) is 0 Å². The molecule has 0 bridgehead atoms. The van der Waals surface area contributed by atoms with Gasteiger partial charge in [-0.2, -0.15) is 0 Å².